The Hall–Kier alpha value is -3.36. The Kier molecular flexibility index (Phi) is 5.56. The summed E-state index contributed by atoms with van der Waals surface area (Å²) in [7, 11) is 1.42. The molecule has 30 heavy (non-hydrogen) atoms. The Bertz CT molecular complexity index is 1070. The van der Waals surface area contributed by atoms with Gasteiger partial charge in [-0.05, 0) is 48.0 Å². The number of halogens is 6. The summed E-state index contributed by atoms with van der Waals surface area (Å²) in [5, 5.41) is 0. The highest BCUT2D eigenvalue weighted by atomic mass is 19.4. The molecular weight excluding hydrogens is 412 g/mol. The molecule has 0 aliphatic heterocycles. The standard InChI is InChI=1S/C21H13F6NO2/c1-30-16-7-5-12(6-8-16)19(29)18-17(10-15(11-28-18)21(25,26)27)13-3-2-4-14(9-13)20(22,23)24/h2-11H,1H3. The quantitative estimate of drug-likeness (QED) is 0.379. The number of pyridine rings is 1. The summed E-state index contributed by atoms with van der Waals surface area (Å²) in [5.74, 6) is -0.288. The van der Waals surface area contributed by atoms with Crippen LogP contribution in [0.3, 0.4) is 0 Å². The van der Waals surface area contributed by atoms with Gasteiger partial charge in [-0.2, -0.15) is 26.3 Å². The number of alkyl halides is 6. The number of nitrogens with zero attached hydrogens (tertiary/aromatic N) is 1. The van der Waals surface area contributed by atoms with Crippen LogP contribution in [0.25, 0.3) is 11.1 Å². The highest BCUT2D eigenvalue weighted by Gasteiger charge is 2.34. The van der Waals surface area contributed by atoms with Gasteiger partial charge in [0.05, 0.1) is 18.2 Å². The molecule has 3 nitrogen and oxygen atoms in total. The third-order valence-corrected chi connectivity index (χ3v) is 4.28. The Morgan fingerprint density at radius 3 is 2.07 bits per heavy atom. The maximum atomic E-state index is 13.2. The van der Waals surface area contributed by atoms with Crippen LogP contribution in [0.15, 0.2) is 60.8 Å². The summed E-state index contributed by atoms with van der Waals surface area (Å²) in [4.78, 5) is 16.5. The van der Waals surface area contributed by atoms with Gasteiger partial charge in [-0.1, -0.05) is 12.1 Å². The summed E-state index contributed by atoms with van der Waals surface area (Å²) in [6.07, 6.45) is -9.01. The lowest BCUT2D eigenvalue weighted by Gasteiger charge is -2.14. The number of carbonyl (C=O) groups excluding carboxylic acids is 1. The van der Waals surface area contributed by atoms with Crippen molar-refractivity contribution in [2.45, 2.75) is 12.4 Å². The lowest BCUT2D eigenvalue weighted by atomic mass is 9.95. The van der Waals surface area contributed by atoms with Crippen LogP contribution >= 0.6 is 0 Å². The van der Waals surface area contributed by atoms with E-state index in [0.29, 0.717) is 24.1 Å². The van der Waals surface area contributed by atoms with Crippen molar-refractivity contribution in [3.05, 3.63) is 83.2 Å². The van der Waals surface area contributed by atoms with Crippen LogP contribution in [0, 0.1) is 0 Å². The topological polar surface area (TPSA) is 39.2 Å². The lowest BCUT2D eigenvalue weighted by Crippen LogP contribution is -2.12. The fourth-order valence-corrected chi connectivity index (χ4v) is 2.76. The van der Waals surface area contributed by atoms with Crippen LogP contribution in [0.2, 0.25) is 0 Å². The van der Waals surface area contributed by atoms with Crippen LogP contribution in [0.5, 0.6) is 5.75 Å². The van der Waals surface area contributed by atoms with Crippen molar-refractivity contribution in [1.82, 2.24) is 4.98 Å². The zero-order valence-electron chi connectivity index (χ0n) is 15.3. The van der Waals surface area contributed by atoms with E-state index in [9.17, 15) is 31.1 Å². The van der Waals surface area contributed by atoms with Gasteiger partial charge in [0.2, 0.25) is 5.78 Å². The van der Waals surface area contributed by atoms with E-state index in [1.165, 1.54) is 37.4 Å². The smallest absolute Gasteiger partial charge is 0.417 e. The van der Waals surface area contributed by atoms with E-state index < -0.39 is 35.0 Å². The van der Waals surface area contributed by atoms with E-state index in [0.717, 1.165) is 12.1 Å². The molecule has 3 aromatic rings. The molecule has 3 rings (SSSR count). The fourth-order valence-electron chi connectivity index (χ4n) is 2.76. The average molecular weight is 425 g/mol. The molecule has 156 valence electrons. The molecule has 9 heteroatoms. The van der Waals surface area contributed by atoms with E-state index in [1.54, 1.807) is 0 Å². The van der Waals surface area contributed by atoms with Gasteiger partial charge in [0.15, 0.2) is 0 Å². The van der Waals surface area contributed by atoms with Gasteiger partial charge in [-0.15, -0.1) is 0 Å². The van der Waals surface area contributed by atoms with Crippen molar-refractivity contribution in [2.75, 3.05) is 7.11 Å². The molecule has 0 saturated carbocycles. The number of hydrogen-bond donors (Lipinski definition) is 0. The third-order valence-electron chi connectivity index (χ3n) is 4.28. The first-order valence-corrected chi connectivity index (χ1v) is 8.44. The largest absolute Gasteiger partial charge is 0.497 e. The number of rotatable bonds is 4. The monoisotopic (exact) mass is 425 g/mol. The highest BCUT2D eigenvalue weighted by molar-refractivity contribution is 6.11. The lowest BCUT2D eigenvalue weighted by molar-refractivity contribution is -0.138. The molecule has 0 bridgehead atoms. The Labute approximate surface area is 166 Å². The minimum Gasteiger partial charge on any atom is -0.497 e. The second-order valence-electron chi connectivity index (χ2n) is 6.25. The maximum Gasteiger partial charge on any atom is 0.417 e. The van der Waals surface area contributed by atoms with Gasteiger partial charge in [0.1, 0.15) is 11.4 Å². The summed E-state index contributed by atoms with van der Waals surface area (Å²) in [5.41, 5.74) is -3.10. The summed E-state index contributed by atoms with van der Waals surface area (Å²) in [6.45, 7) is 0. The summed E-state index contributed by atoms with van der Waals surface area (Å²) < 4.78 is 83.7. The number of ketones is 1. The Morgan fingerprint density at radius 1 is 0.867 bits per heavy atom. The van der Waals surface area contributed by atoms with Crippen molar-refractivity contribution in [1.29, 1.82) is 0 Å². The molecule has 0 radical (unpaired) electrons. The first kappa shape index (κ1) is 21.4. The van der Waals surface area contributed by atoms with Crippen LogP contribution in [-0.4, -0.2) is 17.9 Å². The number of ether oxygens (including phenoxy) is 1. The predicted molar refractivity (Wildman–Crippen MR) is 96.1 cm³/mol. The van der Waals surface area contributed by atoms with Crippen LogP contribution in [-0.2, 0) is 12.4 Å². The number of carbonyl (C=O) groups is 1. The Balaban J connectivity index is 2.17. The van der Waals surface area contributed by atoms with E-state index in [1.807, 2.05) is 0 Å². The van der Waals surface area contributed by atoms with Gasteiger partial charge < -0.3 is 4.74 Å². The van der Waals surface area contributed by atoms with Crippen molar-refractivity contribution in [2.24, 2.45) is 0 Å². The zero-order chi connectivity index (χ0) is 22.1. The molecule has 0 aliphatic rings. The number of hydrogen-bond acceptors (Lipinski definition) is 3. The highest BCUT2D eigenvalue weighted by Crippen LogP contribution is 2.36. The predicted octanol–water partition coefficient (Wildman–Crippen LogP) is 6.03. The zero-order valence-corrected chi connectivity index (χ0v) is 15.3. The first-order chi connectivity index (χ1) is 14.0. The molecule has 1 aromatic heterocycles. The number of benzene rings is 2. The van der Waals surface area contributed by atoms with E-state index in [4.69, 9.17) is 4.74 Å². The molecule has 0 amide bonds. The normalized spacial score (nSPS) is 12.0. The van der Waals surface area contributed by atoms with Gasteiger partial charge >= 0.3 is 12.4 Å². The minimum atomic E-state index is -4.79. The minimum absolute atomic E-state index is 0.0938. The second kappa shape index (κ2) is 7.81. The molecule has 0 fully saturated rings. The molecule has 2 aromatic carbocycles. The van der Waals surface area contributed by atoms with Crippen molar-refractivity contribution in [3.63, 3.8) is 0 Å². The van der Waals surface area contributed by atoms with Crippen molar-refractivity contribution in [3.8, 4) is 16.9 Å². The van der Waals surface area contributed by atoms with Crippen LogP contribution in [0.1, 0.15) is 27.2 Å². The summed E-state index contributed by atoms with van der Waals surface area (Å²) >= 11 is 0. The third kappa shape index (κ3) is 4.45. The fraction of sp³-hybridized carbons (Fsp3) is 0.143. The van der Waals surface area contributed by atoms with Crippen LogP contribution in [0.4, 0.5) is 26.3 Å². The molecule has 0 spiro atoms. The molecule has 0 saturated heterocycles. The first-order valence-electron chi connectivity index (χ1n) is 8.44. The van der Waals surface area contributed by atoms with Gasteiger partial charge in [0, 0.05) is 17.3 Å². The average Bonchev–Trinajstić information content (AvgIpc) is 2.71. The molecule has 0 aliphatic carbocycles. The number of methoxy groups -OCH3 is 1. The van der Waals surface area contributed by atoms with Crippen molar-refractivity contribution >= 4 is 5.78 Å². The van der Waals surface area contributed by atoms with E-state index >= 15 is 0 Å². The molecular formula is C21H13F6NO2. The molecule has 1 heterocycles. The SMILES string of the molecule is COc1ccc(C(=O)c2ncc(C(F)(F)F)cc2-c2cccc(C(F)(F)F)c2)cc1. The molecule has 0 unspecified atom stereocenters. The number of aromatic nitrogens is 1. The Morgan fingerprint density at radius 2 is 1.50 bits per heavy atom. The van der Waals surface area contributed by atoms with E-state index in [-0.39, 0.29) is 16.7 Å². The maximum absolute atomic E-state index is 13.2. The van der Waals surface area contributed by atoms with Crippen molar-refractivity contribution < 1.29 is 35.9 Å². The van der Waals surface area contributed by atoms with E-state index in [2.05, 4.69) is 4.98 Å². The molecule has 0 N–H and O–H groups in total. The van der Waals surface area contributed by atoms with Gasteiger partial charge in [-0.25, -0.2) is 0 Å². The summed E-state index contributed by atoms with van der Waals surface area (Å²) in [6, 6.07) is 10.1. The molecule has 0 atom stereocenters. The van der Waals surface area contributed by atoms with Gasteiger partial charge in [0.25, 0.3) is 0 Å². The van der Waals surface area contributed by atoms with Gasteiger partial charge in [-0.3, -0.25) is 9.78 Å². The van der Waals surface area contributed by atoms with Crippen LogP contribution < -0.4 is 4.74 Å². The second-order valence-corrected chi connectivity index (χ2v) is 6.25.